The maximum Gasteiger partial charge on any atom is 0.337 e. The maximum atomic E-state index is 10.6. The van der Waals surface area contributed by atoms with Gasteiger partial charge in [-0.05, 0) is 18.2 Å². The van der Waals surface area contributed by atoms with Crippen molar-refractivity contribution in [3.05, 3.63) is 36.2 Å². The van der Waals surface area contributed by atoms with Gasteiger partial charge in [-0.2, -0.15) is 0 Å². The minimum atomic E-state index is -1.29. The summed E-state index contributed by atoms with van der Waals surface area (Å²) in [4.78, 5) is 38.1. The smallest absolute Gasteiger partial charge is 0.337 e. The molecule has 9 nitrogen and oxygen atoms in total. The summed E-state index contributed by atoms with van der Waals surface area (Å²) in [6, 6.07) is 3.79. The average molecular weight is 307 g/mol. The zero-order valence-corrected chi connectivity index (χ0v) is 11.2. The van der Waals surface area contributed by atoms with Gasteiger partial charge in [0.05, 0.1) is 12.0 Å². The minimum absolute atomic E-state index is 0.181. The third kappa shape index (κ3) is 5.13. The van der Waals surface area contributed by atoms with Crippen LogP contribution in [0.1, 0.15) is 16.8 Å². The van der Waals surface area contributed by atoms with E-state index in [0.717, 1.165) is 5.39 Å². The first-order chi connectivity index (χ1) is 10.3. The number of pyridine rings is 2. The van der Waals surface area contributed by atoms with Gasteiger partial charge in [0.2, 0.25) is 0 Å². The third-order valence-corrected chi connectivity index (χ3v) is 2.41. The molecule has 0 fully saturated rings. The van der Waals surface area contributed by atoms with E-state index in [9.17, 15) is 14.4 Å². The second-order valence-electron chi connectivity index (χ2n) is 4.12. The fourth-order valence-corrected chi connectivity index (χ4v) is 1.36. The molecule has 22 heavy (non-hydrogen) atoms. The number of carboxylic acid groups (broad SMARTS) is 3. The van der Waals surface area contributed by atoms with Crippen molar-refractivity contribution in [1.29, 1.82) is 0 Å². The molecule has 1 atom stereocenters. The molecule has 0 saturated heterocycles. The van der Waals surface area contributed by atoms with E-state index in [1.807, 2.05) is 0 Å². The SMILES string of the molecule is NC(CC(=O)O)C(=O)O.O=C(O)c1cnc2ncccc2c1. The summed E-state index contributed by atoms with van der Waals surface area (Å²) in [7, 11) is 0. The van der Waals surface area contributed by atoms with Crippen LogP contribution in [0, 0.1) is 0 Å². The number of nitrogens with zero attached hydrogens (tertiary/aromatic N) is 2. The number of fused-ring (bicyclic) bond motifs is 1. The fraction of sp³-hybridized carbons (Fsp3) is 0.154. The molecule has 2 heterocycles. The van der Waals surface area contributed by atoms with Crippen molar-refractivity contribution in [2.75, 3.05) is 0 Å². The van der Waals surface area contributed by atoms with E-state index in [-0.39, 0.29) is 5.56 Å². The predicted molar refractivity (Wildman–Crippen MR) is 74.4 cm³/mol. The summed E-state index contributed by atoms with van der Waals surface area (Å²) in [5.41, 5.74) is 5.58. The van der Waals surface area contributed by atoms with Crippen LogP contribution in [0.15, 0.2) is 30.6 Å². The Kier molecular flexibility index (Phi) is 5.90. The standard InChI is InChI=1S/C9H6N2O2.C4H7NO4/c12-9(13)7-4-6-2-1-3-10-8(6)11-5-7;5-2(4(8)9)1-3(6)7/h1-5H,(H,12,13);2H,1,5H2,(H,6,7)(H,8,9). The number of aromatic nitrogens is 2. The number of carbonyl (C=O) groups is 3. The quantitative estimate of drug-likeness (QED) is 0.617. The van der Waals surface area contributed by atoms with Crippen LogP contribution in [0.4, 0.5) is 0 Å². The Morgan fingerprint density at radius 1 is 1.18 bits per heavy atom. The molecule has 5 N–H and O–H groups in total. The lowest BCUT2D eigenvalue weighted by Crippen LogP contribution is -2.32. The van der Waals surface area contributed by atoms with E-state index < -0.39 is 30.4 Å². The summed E-state index contributed by atoms with van der Waals surface area (Å²) in [5.74, 6) is -3.47. The molecule has 2 rings (SSSR count). The molecule has 1 unspecified atom stereocenters. The summed E-state index contributed by atoms with van der Waals surface area (Å²) in [6.45, 7) is 0. The normalized spacial score (nSPS) is 11.1. The van der Waals surface area contributed by atoms with E-state index in [1.54, 1.807) is 24.4 Å². The molecule has 0 aromatic carbocycles. The molecule has 0 spiro atoms. The molecule has 0 aliphatic heterocycles. The van der Waals surface area contributed by atoms with Crippen molar-refractivity contribution in [3.63, 3.8) is 0 Å². The van der Waals surface area contributed by atoms with Crippen molar-refractivity contribution < 1.29 is 29.7 Å². The van der Waals surface area contributed by atoms with Gasteiger partial charge in [0.25, 0.3) is 0 Å². The topological polar surface area (TPSA) is 164 Å². The highest BCUT2D eigenvalue weighted by molar-refractivity contribution is 5.91. The molecule has 2 aromatic rings. The molecule has 0 aliphatic carbocycles. The zero-order valence-electron chi connectivity index (χ0n) is 11.2. The summed E-state index contributed by atoms with van der Waals surface area (Å²) in [6.07, 6.45) is 2.39. The lowest BCUT2D eigenvalue weighted by molar-refractivity contribution is -0.144. The van der Waals surface area contributed by atoms with Crippen LogP contribution in [0.5, 0.6) is 0 Å². The molecule has 0 saturated carbocycles. The summed E-state index contributed by atoms with van der Waals surface area (Å²) < 4.78 is 0. The third-order valence-electron chi connectivity index (χ3n) is 2.41. The van der Waals surface area contributed by atoms with Crippen molar-refractivity contribution in [2.45, 2.75) is 12.5 Å². The molecule has 2 aromatic heterocycles. The van der Waals surface area contributed by atoms with Gasteiger partial charge in [0.1, 0.15) is 6.04 Å². The van der Waals surface area contributed by atoms with Gasteiger partial charge >= 0.3 is 17.9 Å². The largest absolute Gasteiger partial charge is 0.481 e. The highest BCUT2D eigenvalue weighted by Gasteiger charge is 2.14. The van der Waals surface area contributed by atoms with Crippen molar-refractivity contribution in [2.24, 2.45) is 5.73 Å². The molecule has 116 valence electrons. The number of rotatable bonds is 4. The van der Waals surface area contributed by atoms with Gasteiger partial charge < -0.3 is 21.1 Å². The van der Waals surface area contributed by atoms with Gasteiger partial charge in [-0.25, -0.2) is 14.8 Å². The summed E-state index contributed by atoms with van der Waals surface area (Å²) >= 11 is 0. The second-order valence-corrected chi connectivity index (χ2v) is 4.12. The van der Waals surface area contributed by atoms with Crippen LogP contribution >= 0.6 is 0 Å². The highest BCUT2D eigenvalue weighted by atomic mass is 16.4. The average Bonchev–Trinajstić information content (AvgIpc) is 2.46. The number of hydrogen-bond donors (Lipinski definition) is 4. The van der Waals surface area contributed by atoms with Crippen LogP contribution in [-0.4, -0.2) is 49.2 Å². The number of nitrogens with two attached hydrogens (primary N) is 1. The van der Waals surface area contributed by atoms with E-state index in [1.165, 1.54) is 6.20 Å². The van der Waals surface area contributed by atoms with Gasteiger partial charge in [-0.3, -0.25) is 9.59 Å². The number of carboxylic acids is 3. The highest BCUT2D eigenvalue weighted by Crippen LogP contribution is 2.09. The van der Waals surface area contributed by atoms with E-state index in [2.05, 4.69) is 9.97 Å². The second kappa shape index (κ2) is 7.64. The summed E-state index contributed by atoms with van der Waals surface area (Å²) in [5, 5.41) is 25.5. The molecule has 0 bridgehead atoms. The first kappa shape index (κ1) is 17.0. The monoisotopic (exact) mass is 307 g/mol. The van der Waals surface area contributed by atoms with Crippen LogP contribution in [0.2, 0.25) is 0 Å². The Labute approximate surface area is 124 Å². The van der Waals surface area contributed by atoms with Crippen molar-refractivity contribution in [3.8, 4) is 0 Å². The number of aliphatic carboxylic acids is 2. The van der Waals surface area contributed by atoms with E-state index >= 15 is 0 Å². The zero-order chi connectivity index (χ0) is 16.7. The first-order valence-electron chi connectivity index (χ1n) is 5.95. The molecular weight excluding hydrogens is 294 g/mol. The molecule has 0 radical (unpaired) electrons. The molecule has 9 heteroatoms. The molecular formula is C13H13N3O6. The van der Waals surface area contributed by atoms with Crippen LogP contribution in [0.25, 0.3) is 11.0 Å². The Morgan fingerprint density at radius 3 is 2.36 bits per heavy atom. The maximum absolute atomic E-state index is 10.6. The predicted octanol–water partition coefficient (Wildman–Crippen LogP) is 0.201. The van der Waals surface area contributed by atoms with Gasteiger partial charge in [0.15, 0.2) is 5.65 Å². The van der Waals surface area contributed by atoms with Crippen LogP contribution < -0.4 is 5.73 Å². The van der Waals surface area contributed by atoms with Crippen LogP contribution in [-0.2, 0) is 9.59 Å². The number of aromatic carboxylic acids is 1. The molecule has 0 amide bonds. The van der Waals surface area contributed by atoms with Gasteiger partial charge in [-0.1, -0.05) is 0 Å². The van der Waals surface area contributed by atoms with Gasteiger partial charge in [0, 0.05) is 17.8 Å². The van der Waals surface area contributed by atoms with E-state index in [0.29, 0.717) is 5.65 Å². The Balaban J connectivity index is 0.000000239. The minimum Gasteiger partial charge on any atom is -0.481 e. The Bertz CT molecular complexity index is 703. The first-order valence-corrected chi connectivity index (χ1v) is 5.95. The lowest BCUT2D eigenvalue weighted by Gasteiger charge is -1.99. The fourth-order valence-electron chi connectivity index (χ4n) is 1.36. The van der Waals surface area contributed by atoms with Crippen LogP contribution in [0.3, 0.4) is 0 Å². The Morgan fingerprint density at radius 2 is 1.86 bits per heavy atom. The lowest BCUT2D eigenvalue weighted by atomic mass is 10.2. The van der Waals surface area contributed by atoms with E-state index in [4.69, 9.17) is 21.1 Å². The van der Waals surface area contributed by atoms with Crippen molar-refractivity contribution >= 4 is 28.9 Å². The Hall–Kier alpha value is -3.07. The molecule has 0 aliphatic rings. The van der Waals surface area contributed by atoms with Crippen molar-refractivity contribution in [1.82, 2.24) is 9.97 Å². The number of hydrogen-bond acceptors (Lipinski definition) is 6. The van der Waals surface area contributed by atoms with Gasteiger partial charge in [-0.15, -0.1) is 0 Å².